The molecule has 5 heteroatoms. The molecule has 0 aliphatic heterocycles. The predicted octanol–water partition coefficient (Wildman–Crippen LogP) is 4.54. The van der Waals surface area contributed by atoms with Crippen molar-refractivity contribution in [3.8, 4) is 16.1 Å². The molecule has 0 radical (unpaired) electrons. The summed E-state index contributed by atoms with van der Waals surface area (Å²) in [6.07, 6.45) is 0.462. The molecule has 1 aliphatic carbocycles. The van der Waals surface area contributed by atoms with Gasteiger partial charge in [0.15, 0.2) is 0 Å². The van der Waals surface area contributed by atoms with E-state index in [0.29, 0.717) is 17.8 Å². The van der Waals surface area contributed by atoms with E-state index in [-0.39, 0.29) is 26.9 Å². The Morgan fingerprint density at radius 3 is 2.30 bits per heavy atom. The molecule has 140 valence electrons. The Bertz CT molecular complexity index is 799. The van der Waals surface area contributed by atoms with E-state index in [9.17, 15) is 4.79 Å². The van der Waals surface area contributed by atoms with Crippen molar-refractivity contribution < 1.29 is 9.53 Å². The van der Waals surface area contributed by atoms with E-state index >= 15 is 0 Å². The maximum absolute atomic E-state index is 12.4. The molecule has 0 unspecified atom stereocenters. The summed E-state index contributed by atoms with van der Waals surface area (Å²) < 4.78 is 5.61. The number of nitriles is 1. The Morgan fingerprint density at radius 2 is 1.74 bits per heavy atom. The van der Waals surface area contributed by atoms with Gasteiger partial charge in [-0.05, 0) is 0 Å². The summed E-state index contributed by atoms with van der Waals surface area (Å²) in [5, 5.41) is 12.5. The van der Waals surface area contributed by atoms with Gasteiger partial charge in [-0.25, -0.2) is 0 Å². The third kappa shape index (κ3) is 4.71. The molecule has 4 nitrogen and oxygen atoms in total. The second-order valence-corrected chi connectivity index (χ2v) is 8.89. The van der Waals surface area contributed by atoms with Crippen LogP contribution in [0.1, 0.15) is 37.3 Å². The monoisotopic (exact) mass is 428 g/mol. The van der Waals surface area contributed by atoms with Gasteiger partial charge in [-0.1, -0.05) is 0 Å². The first-order valence-electron chi connectivity index (χ1n) is 9.22. The van der Waals surface area contributed by atoms with Crippen LogP contribution in [0.3, 0.4) is 0 Å². The van der Waals surface area contributed by atoms with E-state index < -0.39 is 6.09 Å². The van der Waals surface area contributed by atoms with Crippen LogP contribution in [0.25, 0.3) is 11.1 Å². The van der Waals surface area contributed by atoms with Crippen LogP contribution in [0.15, 0.2) is 48.5 Å². The molecule has 0 spiro atoms. The number of benzene rings is 2. The van der Waals surface area contributed by atoms with Crippen molar-refractivity contribution in [1.29, 1.82) is 5.26 Å². The van der Waals surface area contributed by atoms with Crippen LogP contribution in [-0.2, 0) is 4.74 Å². The summed E-state index contributed by atoms with van der Waals surface area (Å²) >= 11 is -0.115. The van der Waals surface area contributed by atoms with Crippen LogP contribution < -0.4 is 5.32 Å². The van der Waals surface area contributed by atoms with Gasteiger partial charge in [-0.2, -0.15) is 0 Å². The summed E-state index contributed by atoms with van der Waals surface area (Å²) in [6.45, 7) is 4.55. The Morgan fingerprint density at radius 1 is 1.15 bits per heavy atom. The van der Waals surface area contributed by atoms with Gasteiger partial charge in [0, 0.05) is 0 Å². The number of carbonyl (C=O) groups excluding carboxylic acids is 1. The Labute approximate surface area is 167 Å². The van der Waals surface area contributed by atoms with Crippen LogP contribution >= 0.6 is 0 Å². The number of nitrogens with one attached hydrogen (secondary N) is 1. The minimum atomic E-state index is -0.392. The summed E-state index contributed by atoms with van der Waals surface area (Å²) in [7, 11) is 0. The van der Waals surface area contributed by atoms with Crippen molar-refractivity contribution in [2.75, 3.05) is 6.61 Å². The molecular formula is C22H24N2O2Se. The van der Waals surface area contributed by atoms with Gasteiger partial charge in [-0.15, -0.1) is 0 Å². The number of hydrogen-bond acceptors (Lipinski definition) is 3. The summed E-state index contributed by atoms with van der Waals surface area (Å²) in [5.41, 5.74) is 4.85. The molecule has 2 aromatic rings. The van der Waals surface area contributed by atoms with E-state index in [1.165, 1.54) is 22.3 Å². The molecule has 0 saturated carbocycles. The maximum atomic E-state index is 12.4. The quantitative estimate of drug-likeness (QED) is 0.660. The van der Waals surface area contributed by atoms with E-state index in [2.05, 4.69) is 48.4 Å². The minimum absolute atomic E-state index is 0.000278. The third-order valence-corrected chi connectivity index (χ3v) is 6.24. The zero-order chi connectivity index (χ0) is 19.2. The van der Waals surface area contributed by atoms with Crippen molar-refractivity contribution in [2.45, 2.75) is 37.5 Å². The average Bonchev–Trinajstić information content (AvgIpc) is 2.98. The van der Waals surface area contributed by atoms with Gasteiger partial charge in [0.05, 0.1) is 0 Å². The predicted molar refractivity (Wildman–Crippen MR) is 108 cm³/mol. The fraction of sp³-hybridized carbons (Fsp3) is 0.364. The van der Waals surface area contributed by atoms with Gasteiger partial charge < -0.3 is 0 Å². The molecule has 1 amide bonds. The number of nitrogens with zero attached hydrogens (tertiary/aromatic N) is 1. The molecule has 2 aromatic carbocycles. The van der Waals surface area contributed by atoms with Crippen molar-refractivity contribution in [3.63, 3.8) is 0 Å². The van der Waals surface area contributed by atoms with E-state index in [1.54, 1.807) is 0 Å². The molecule has 0 saturated heterocycles. The first kappa shape index (κ1) is 19.5. The molecule has 1 atom stereocenters. The molecule has 27 heavy (non-hydrogen) atoms. The van der Waals surface area contributed by atoms with Gasteiger partial charge in [-0.3, -0.25) is 0 Å². The number of ether oxygens (including phenoxy) is 1. The standard InChI is InChI=1S/C22H24N2O2Se/c1-15(2)11-16(13-27-14-23)24-22(25)26-12-21-19-9-5-3-7-17(19)18-8-4-6-10-20(18)21/h3-10,15-16,21H,11-13H2,1-2H3,(H,24,25)/t16-/m0/s1. The van der Waals surface area contributed by atoms with Crippen molar-refractivity contribution >= 4 is 21.1 Å². The number of alkyl carbamates (subject to hydrolysis) is 1. The van der Waals surface area contributed by atoms with Crippen molar-refractivity contribution in [3.05, 3.63) is 59.7 Å². The summed E-state index contributed by atoms with van der Waals surface area (Å²) in [5.74, 6) is 0.522. The van der Waals surface area contributed by atoms with Crippen molar-refractivity contribution in [2.24, 2.45) is 5.92 Å². The molecule has 0 fully saturated rings. The topological polar surface area (TPSA) is 62.1 Å². The van der Waals surface area contributed by atoms with Gasteiger partial charge in [0.1, 0.15) is 0 Å². The van der Waals surface area contributed by atoms with Crippen LogP contribution in [0.2, 0.25) is 5.32 Å². The third-order valence-electron chi connectivity index (χ3n) is 4.77. The number of rotatable bonds is 7. The number of fused-ring (bicyclic) bond motifs is 3. The van der Waals surface area contributed by atoms with Crippen LogP contribution in [-0.4, -0.2) is 33.7 Å². The average molecular weight is 427 g/mol. The first-order chi connectivity index (χ1) is 13.1. The van der Waals surface area contributed by atoms with E-state index in [1.807, 2.05) is 24.3 Å². The normalized spacial score (nSPS) is 13.6. The van der Waals surface area contributed by atoms with Crippen LogP contribution in [0, 0.1) is 16.1 Å². The number of amides is 1. The van der Waals surface area contributed by atoms with Crippen molar-refractivity contribution in [1.82, 2.24) is 5.32 Å². The fourth-order valence-electron chi connectivity index (χ4n) is 3.68. The Hall–Kier alpha value is -2.28. The first-order valence-corrected chi connectivity index (χ1v) is 11.3. The Balaban J connectivity index is 1.66. The molecule has 0 aromatic heterocycles. The second kappa shape index (κ2) is 9.08. The molecule has 1 aliphatic rings. The number of hydrogen-bond donors (Lipinski definition) is 1. The van der Waals surface area contributed by atoms with E-state index in [0.717, 1.165) is 6.42 Å². The van der Waals surface area contributed by atoms with Crippen LogP contribution in [0.4, 0.5) is 4.79 Å². The summed E-state index contributed by atoms with van der Waals surface area (Å²) in [6, 6.07) is 16.6. The molecule has 3 rings (SSSR count). The Kier molecular flexibility index (Phi) is 6.55. The second-order valence-electron chi connectivity index (χ2n) is 7.20. The summed E-state index contributed by atoms with van der Waals surface area (Å²) in [4.78, 5) is 14.6. The SMILES string of the molecule is CC(C)C[C@@H](C[Se]C#N)NC(=O)OCC1c2ccccc2-c2ccccc21. The number of carbonyl (C=O) groups is 1. The zero-order valence-electron chi connectivity index (χ0n) is 15.6. The zero-order valence-corrected chi connectivity index (χ0v) is 17.4. The molecular weight excluding hydrogens is 403 g/mol. The van der Waals surface area contributed by atoms with Gasteiger partial charge in [0.2, 0.25) is 0 Å². The van der Waals surface area contributed by atoms with Gasteiger partial charge >= 0.3 is 167 Å². The molecule has 1 N–H and O–H groups in total. The fourth-order valence-corrected chi connectivity index (χ4v) is 4.72. The van der Waals surface area contributed by atoms with Crippen LogP contribution in [0.5, 0.6) is 0 Å². The van der Waals surface area contributed by atoms with E-state index in [4.69, 9.17) is 10.00 Å². The van der Waals surface area contributed by atoms with Gasteiger partial charge in [0.25, 0.3) is 0 Å². The molecule has 0 heterocycles. The molecule has 0 bridgehead atoms.